The van der Waals surface area contributed by atoms with Crippen LogP contribution in [-0.2, 0) is 21.1 Å². The number of nitrogens with zero attached hydrogens (tertiary/aromatic N) is 3. The molecule has 0 saturated heterocycles. The summed E-state index contributed by atoms with van der Waals surface area (Å²) in [5.74, 6) is 0.736. The second kappa shape index (κ2) is 6.35. The number of fused-ring (bicyclic) bond motifs is 1. The zero-order valence-corrected chi connectivity index (χ0v) is 14.0. The summed E-state index contributed by atoms with van der Waals surface area (Å²) in [6.45, 7) is 8.31. The van der Waals surface area contributed by atoms with E-state index in [-0.39, 0.29) is 11.2 Å². The highest BCUT2D eigenvalue weighted by Crippen LogP contribution is 2.04. The topological polar surface area (TPSA) is 80.1 Å². The van der Waals surface area contributed by atoms with Gasteiger partial charge in [0.1, 0.15) is 13.1 Å². The Morgan fingerprint density at radius 3 is 2.41 bits per heavy atom. The summed E-state index contributed by atoms with van der Waals surface area (Å²) in [6.07, 6.45) is 0. The fourth-order valence-corrected chi connectivity index (χ4v) is 2.70. The lowest BCUT2D eigenvalue weighted by molar-refractivity contribution is -0.894. The van der Waals surface area contributed by atoms with Gasteiger partial charge in [0, 0.05) is 14.1 Å². The van der Waals surface area contributed by atoms with Gasteiger partial charge in [-0.2, -0.15) is 0 Å². The second-order valence-electron chi connectivity index (χ2n) is 5.57. The lowest BCUT2D eigenvalue weighted by Gasteiger charge is -2.13. The van der Waals surface area contributed by atoms with Gasteiger partial charge in [-0.3, -0.25) is 19.2 Å². The fraction of sp³-hybridized carbons (Fsp3) is 0.643. The lowest BCUT2D eigenvalue weighted by Crippen LogP contribution is -3.12. The number of hydrogen-bond acceptors (Lipinski definition) is 3. The number of hydrogen-bond donors (Lipinski definition) is 3. The minimum atomic E-state index is -0.335. The predicted molar refractivity (Wildman–Crippen MR) is 85.4 cm³/mol. The lowest BCUT2D eigenvalue weighted by atomic mass is 10.4. The van der Waals surface area contributed by atoms with E-state index in [0.29, 0.717) is 11.2 Å². The average Bonchev–Trinajstić information content (AvgIpc) is 2.84. The molecule has 2 aromatic heterocycles. The third-order valence-corrected chi connectivity index (χ3v) is 4.32. The minimum absolute atomic E-state index is 0.292. The molecule has 0 radical (unpaired) electrons. The first-order valence-corrected chi connectivity index (χ1v) is 7.67. The molecule has 0 bridgehead atoms. The van der Waals surface area contributed by atoms with E-state index >= 15 is 0 Å². The van der Waals surface area contributed by atoms with E-state index in [1.165, 1.54) is 16.5 Å². The van der Waals surface area contributed by atoms with Crippen molar-refractivity contribution in [2.75, 3.05) is 31.5 Å². The van der Waals surface area contributed by atoms with Crippen molar-refractivity contribution >= 4 is 17.1 Å². The molecule has 0 fully saturated rings. The SMILES string of the molecule is CC[NH+](CC)CCNc1[nH]c2c(c(=O)n(C)c(=O)n2C)[n+]1C. The van der Waals surface area contributed by atoms with E-state index in [2.05, 4.69) is 24.1 Å². The van der Waals surface area contributed by atoms with Crippen molar-refractivity contribution < 1.29 is 9.47 Å². The number of likely N-dealkylation sites (N-methyl/N-ethyl adjacent to an activating group) is 1. The van der Waals surface area contributed by atoms with Gasteiger partial charge in [0.15, 0.2) is 0 Å². The van der Waals surface area contributed by atoms with Crippen LogP contribution in [0, 0.1) is 0 Å². The van der Waals surface area contributed by atoms with Gasteiger partial charge in [-0.15, -0.1) is 0 Å². The normalized spacial score (nSPS) is 11.5. The van der Waals surface area contributed by atoms with Crippen LogP contribution < -0.4 is 26.0 Å². The van der Waals surface area contributed by atoms with Gasteiger partial charge >= 0.3 is 11.6 Å². The maximum Gasteiger partial charge on any atom is 0.357 e. The quantitative estimate of drug-likeness (QED) is 0.526. The van der Waals surface area contributed by atoms with Crippen molar-refractivity contribution in [2.24, 2.45) is 21.1 Å². The number of nitrogens with one attached hydrogen (secondary N) is 3. The number of aryl methyl sites for hydroxylation is 2. The highest BCUT2D eigenvalue weighted by atomic mass is 16.2. The molecular weight excluding hydrogens is 284 g/mol. The summed E-state index contributed by atoms with van der Waals surface area (Å²) < 4.78 is 4.35. The van der Waals surface area contributed by atoms with Crippen LogP contribution >= 0.6 is 0 Å². The minimum Gasteiger partial charge on any atom is -0.333 e. The van der Waals surface area contributed by atoms with Crippen molar-refractivity contribution in [3.05, 3.63) is 20.8 Å². The van der Waals surface area contributed by atoms with Crippen LogP contribution in [0.25, 0.3) is 11.2 Å². The van der Waals surface area contributed by atoms with Gasteiger partial charge in [0.25, 0.3) is 5.56 Å². The van der Waals surface area contributed by atoms with Crippen molar-refractivity contribution in [1.29, 1.82) is 0 Å². The molecule has 2 aromatic rings. The Bertz CT molecular complexity index is 781. The predicted octanol–water partition coefficient (Wildman–Crippen LogP) is -2.27. The van der Waals surface area contributed by atoms with Gasteiger partial charge in [-0.05, 0) is 13.8 Å². The Labute approximate surface area is 129 Å². The molecule has 0 atom stereocenters. The van der Waals surface area contributed by atoms with Crippen molar-refractivity contribution in [3.8, 4) is 0 Å². The Kier molecular flexibility index (Phi) is 4.70. The van der Waals surface area contributed by atoms with Gasteiger partial charge in [-0.25, -0.2) is 14.3 Å². The van der Waals surface area contributed by atoms with Crippen LogP contribution in [0.15, 0.2) is 9.59 Å². The molecule has 0 unspecified atom stereocenters. The third-order valence-electron chi connectivity index (χ3n) is 4.32. The van der Waals surface area contributed by atoms with Gasteiger partial charge in [0.05, 0.1) is 20.1 Å². The first-order chi connectivity index (χ1) is 10.4. The van der Waals surface area contributed by atoms with E-state index in [1.807, 2.05) is 7.05 Å². The first-order valence-electron chi connectivity index (χ1n) is 7.67. The molecular formula is C14H26N6O2+2. The molecule has 0 aliphatic heterocycles. The van der Waals surface area contributed by atoms with E-state index < -0.39 is 0 Å². The molecule has 122 valence electrons. The Balaban J connectivity index is 2.36. The van der Waals surface area contributed by atoms with Gasteiger partial charge in [0.2, 0.25) is 11.2 Å². The fourth-order valence-electron chi connectivity index (χ4n) is 2.70. The first kappa shape index (κ1) is 16.3. The summed E-state index contributed by atoms with van der Waals surface area (Å²) in [7, 11) is 4.97. The zero-order valence-electron chi connectivity index (χ0n) is 14.0. The Morgan fingerprint density at radius 1 is 1.18 bits per heavy atom. The summed E-state index contributed by atoms with van der Waals surface area (Å²) in [5.41, 5.74) is 0.397. The third kappa shape index (κ3) is 2.66. The van der Waals surface area contributed by atoms with Crippen LogP contribution in [0.4, 0.5) is 5.95 Å². The number of quaternary nitrogens is 1. The molecule has 0 aliphatic carbocycles. The largest absolute Gasteiger partial charge is 0.357 e. The Morgan fingerprint density at radius 2 is 1.82 bits per heavy atom. The standard InChI is InChI=1S/C14H24N6O2/c1-6-20(7-2)9-8-15-13-16-11-10(17(13)3)12(21)19(5)14(22)18(11)4/h6-9H2,1-5H3,(H,15,16,21)/p+2. The molecule has 8 heteroatoms. The zero-order chi connectivity index (χ0) is 16.4. The molecule has 0 spiro atoms. The monoisotopic (exact) mass is 310 g/mol. The average molecular weight is 310 g/mol. The molecule has 2 heterocycles. The maximum atomic E-state index is 12.3. The highest BCUT2D eigenvalue weighted by molar-refractivity contribution is 5.67. The van der Waals surface area contributed by atoms with E-state index in [9.17, 15) is 9.59 Å². The highest BCUT2D eigenvalue weighted by Gasteiger charge is 2.21. The van der Waals surface area contributed by atoms with Crippen molar-refractivity contribution in [1.82, 2.24) is 14.1 Å². The maximum absolute atomic E-state index is 12.3. The summed E-state index contributed by atoms with van der Waals surface area (Å²) in [6, 6.07) is 0. The van der Waals surface area contributed by atoms with Crippen LogP contribution in [0.3, 0.4) is 0 Å². The second-order valence-corrected chi connectivity index (χ2v) is 5.57. The van der Waals surface area contributed by atoms with Crippen LogP contribution in [0.5, 0.6) is 0 Å². The summed E-state index contributed by atoms with van der Waals surface area (Å²) in [5, 5.41) is 3.32. The van der Waals surface area contributed by atoms with Crippen LogP contribution in [-0.4, -0.2) is 40.3 Å². The molecule has 0 saturated carbocycles. The summed E-state index contributed by atoms with van der Waals surface area (Å²) >= 11 is 0. The van der Waals surface area contributed by atoms with E-state index in [1.54, 1.807) is 11.6 Å². The number of aromatic nitrogens is 4. The molecule has 8 nitrogen and oxygen atoms in total. The van der Waals surface area contributed by atoms with Crippen LogP contribution in [0.2, 0.25) is 0 Å². The molecule has 3 N–H and O–H groups in total. The number of imidazole rings is 1. The van der Waals surface area contributed by atoms with Gasteiger partial charge < -0.3 is 4.90 Å². The Hall–Kier alpha value is -2.09. The summed E-state index contributed by atoms with van der Waals surface area (Å²) in [4.78, 5) is 28.9. The number of rotatable bonds is 6. The number of H-pyrrole nitrogens is 1. The number of anilines is 1. The molecule has 0 amide bonds. The van der Waals surface area contributed by atoms with E-state index in [0.717, 1.165) is 36.7 Å². The molecule has 22 heavy (non-hydrogen) atoms. The molecule has 0 aromatic carbocycles. The molecule has 2 rings (SSSR count). The smallest absolute Gasteiger partial charge is 0.333 e. The van der Waals surface area contributed by atoms with Crippen molar-refractivity contribution in [3.63, 3.8) is 0 Å². The number of aromatic amines is 1. The van der Waals surface area contributed by atoms with Crippen molar-refractivity contribution in [2.45, 2.75) is 13.8 Å². The van der Waals surface area contributed by atoms with E-state index in [4.69, 9.17) is 0 Å². The van der Waals surface area contributed by atoms with Gasteiger partial charge in [-0.1, -0.05) is 0 Å². The molecule has 0 aliphatic rings. The van der Waals surface area contributed by atoms with Crippen LogP contribution in [0.1, 0.15) is 13.8 Å².